The second-order valence-corrected chi connectivity index (χ2v) is 4.20. The third-order valence-corrected chi connectivity index (χ3v) is 1.78. The highest BCUT2D eigenvalue weighted by atomic mass is 31.2. The molecule has 0 unspecified atom stereocenters. The predicted molar refractivity (Wildman–Crippen MR) is 52.7 cm³/mol. The van der Waals surface area contributed by atoms with Gasteiger partial charge < -0.3 is 20.0 Å². The Labute approximate surface area is 86.0 Å². The predicted octanol–water partition coefficient (Wildman–Crippen LogP) is 0.641. The van der Waals surface area contributed by atoms with E-state index in [-0.39, 0.29) is 0 Å². The fourth-order valence-corrected chi connectivity index (χ4v) is 0.957. The van der Waals surface area contributed by atoms with Crippen LogP contribution in [0.15, 0.2) is 30.3 Å². The standard InChI is InChI=1S/C6H6O.C2H5O5P/c7-6-4-2-1-3-5-6;3-2(4)1-8(5,6)7/h1-5,7H;1H2,(H,3,4)(H2,5,6,7). The molecule has 15 heavy (non-hydrogen) atoms. The Kier molecular flexibility index (Phi) is 5.62. The minimum absolute atomic E-state index is 0.322. The second kappa shape index (κ2) is 6.19. The Hall–Kier alpha value is -1.36. The summed E-state index contributed by atoms with van der Waals surface area (Å²) in [4.78, 5) is 25.4. The molecule has 0 aliphatic carbocycles. The summed E-state index contributed by atoms with van der Waals surface area (Å²) in [5.41, 5.74) is 0. The van der Waals surface area contributed by atoms with Crippen LogP contribution in [0.1, 0.15) is 0 Å². The molecule has 0 amide bonds. The molecule has 0 bridgehead atoms. The highest BCUT2D eigenvalue weighted by Gasteiger charge is 2.17. The van der Waals surface area contributed by atoms with E-state index in [1.807, 2.05) is 6.07 Å². The number of rotatable bonds is 2. The molecule has 4 N–H and O–H groups in total. The molecule has 0 aromatic heterocycles. The van der Waals surface area contributed by atoms with Gasteiger partial charge in [-0.25, -0.2) is 0 Å². The molecule has 1 rings (SSSR count). The molecule has 6 nitrogen and oxygen atoms in total. The van der Waals surface area contributed by atoms with Crippen molar-refractivity contribution in [3.8, 4) is 5.75 Å². The first-order chi connectivity index (χ1) is 6.81. The topological polar surface area (TPSA) is 115 Å². The summed E-state index contributed by atoms with van der Waals surface area (Å²) in [6, 6.07) is 8.71. The first-order valence-electron chi connectivity index (χ1n) is 3.81. The summed E-state index contributed by atoms with van der Waals surface area (Å²) in [5.74, 6) is -1.17. The van der Waals surface area contributed by atoms with Crippen molar-refractivity contribution in [2.24, 2.45) is 0 Å². The van der Waals surface area contributed by atoms with E-state index in [4.69, 9.17) is 20.0 Å². The minimum Gasteiger partial charge on any atom is -0.508 e. The van der Waals surface area contributed by atoms with E-state index >= 15 is 0 Å². The van der Waals surface area contributed by atoms with E-state index in [0.717, 1.165) is 0 Å². The first kappa shape index (κ1) is 13.6. The highest BCUT2D eigenvalue weighted by Crippen LogP contribution is 2.33. The summed E-state index contributed by atoms with van der Waals surface area (Å²) < 4.78 is 9.76. The first-order valence-corrected chi connectivity index (χ1v) is 5.61. The van der Waals surface area contributed by atoms with E-state index in [9.17, 15) is 9.36 Å². The van der Waals surface area contributed by atoms with Crippen molar-refractivity contribution in [3.05, 3.63) is 30.3 Å². The molecular weight excluding hydrogens is 223 g/mol. The molecule has 1 aromatic rings. The van der Waals surface area contributed by atoms with Crippen LogP contribution in [0.2, 0.25) is 0 Å². The highest BCUT2D eigenvalue weighted by molar-refractivity contribution is 7.52. The lowest BCUT2D eigenvalue weighted by Crippen LogP contribution is -2.01. The van der Waals surface area contributed by atoms with Gasteiger partial charge in [0.25, 0.3) is 0 Å². The van der Waals surface area contributed by atoms with Crippen LogP contribution < -0.4 is 0 Å². The van der Waals surface area contributed by atoms with Gasteiger partial charge in [0.05, 0.1) is 0 Å². The van der Waals surface area contributed by atoms with Crippen molar-refractivity contribution >= 4 is 13.6 Å². The van der Waals surface area contributed by atoms with Crippen LogP contribution in [-0.4, -0.2) is 32.1 Å². The molecule has 0 saturated carbocycles. The van der Waals surface area contributed by atoms with E-state index in [0.29, 0.717) is 5.75 Å². The molecular formula is C8H11O6P. The fourth-order valence-electron chi connectivity index (χ4n) is 0.604. The van der Waals surface area contributed by atoms with Crippen LogP contribution in [-0.2, 0) is 9.36 Å². The van der Waals surface area contributed by atoms with Crippen LogP contribution in [0.4, 0.5) is 0 Å². The zero-order valence-corrected chi connectivity index (χ0v) is 8.54. The number of carbonyl (C=O) groups is 1. The van der Waals surface area contributed by atoms with Crippen molar-refractivity contribution < 1.29 is 29.4 Å². The molecule has 0 radical (unpaired) electrons. The van der Waals surface area contributed by atoms with E-state index in [1.54, 1.807) is 24.3 Å². The molecule has 0 atom stereocenters. The number of hydrogen-bond donors (Lipinski definition) is 4. The average molecular weight is 234 g/mol. The third-order valence-electron chi connectivity index (χ3n) is 1.10. The SMILES string of the molecule is O=C(O)CP(=O)(O)O.Oc1ccccc1. The molecule has 0 spiro atoms. The Morgan fingerprint density at radius 2 is 1.67 bits per heavy atom. The van der Waals surface area contributed by atoms with Gasteiger partial charge in [0.15, 0.2) is 0 Å². The molecule has 84 valence electrons. The zero-order chi connectivity index (χ0) is 11.9. The summed E-state index contributed by atoms with van der Waals surface area (Å²) in [6.45, 7) is 0. The normalized spacial score (nSPS) is 10.0. The number of benzene rings is 1. The summed E-state index contributed by atoms with van der Waals surface area (Å²) in [7, 11) is -4.32. The Morgan fingerprint density at radius 1 is 1.20 bits per heavy atom. The van der Waals surface area contributed by atoms with Gasteiger partial charge in [0.2, 0.25) is 0 Å². The van der Waals surface area contributed by atoms with E-state index in [2.05, 4.69) is 0 Å². The fraction of sp³-hybridized carbons (Fsp3) is 0.125. The Bertz CT molecular complexity index is 343. The minimum atomic E-state index is -4.32. The summed E-state index contributed by atoms with van der Waals surface area (Å²) in [5, 5.41) is 16.4. The maximum atomic E-state index is 9.76. The number of aromatic hydroxyl groups is 1. The Morgan fingerprint density at radius 3 is 1.80 bits per heavy atom. The largest absolute Gasteiger partial charge is 0.508 e. The zero-order valence-electron chi connectivity index (χ0n) is 7.65. The number of hydrogen-bond acceptors (Lipinski definition) is 3. The van der Waals surface area contributed by atoms with Gasteiger partial charge >= 0.3 is 13.6 Å². The van der Waals surface area contributed by atoms with E-state index in [1.165, 1.54) is 0 Å². The molecule has 7 heteroatoms. The van der Waals surface area contributed by atoms with Gasteiger partial charge in [-0.3, -0.25) is 9.36 Å². The lowest BCUT2D eigenvalue weighted by Gasteiger charge is -1.95. The lowest BCUT2D eigenvalue weighted by molar-refractivity contribution is -0.134. The monoisotopic (exact) mass is 234 g/mol. The van der Waals surface area contributed by atoms with Crippen LogP contribution in [0, 0.1) is 0 Å². The van der Waals surface area contributed by atoms with Crippen molar-refractivity contribution in [1.82, 2.24) is 0 Å². The van der Waals surface area contributed by atoms with Gasteiger partial charge in [-0.15, -0.1) is 0 Å². The van der Waals surface area contributed by atoms with Gasteiger partial charge in [-0.1, -0.05) is 18.2 Å². The third kappa shape index (κ3) is 10.6. The smallest absolute Gasteiger partial charge is 0.336 e. The van der Waals surface area contributed by atoms with Crippen molar-refractivity contribution in [1.29, 1.82) is 0 Å². The average Bonchev–Trinajstić information content (AvgIpc) is 2.01. The van der Waals surface area contributed by atoms with Gasteiger partial charge in [0.1, 0.15) is 11.9 Å². The number of carboxylic acids is 1. The molecule has 0 aliphatic rings. The maximum Gasteiger partial charge on any atom is 0.336 e. The van der Waals surface area contributed by atoms with Gasteiger partial charge in [-0.05, 0) is 12.1 Å². The second-order valence-electron chi connectivity index (χ2n) is 2.55. The maximum absolute atomic E-state index is 9.76. The van der Waals surface area contributed by atoms with Gasteiger partial charge in [-0.2, -0.15) is 0 Å². The van der Waals surface area contributed by atoms with Crippen molar-refractivity contribution in [3.63, 3.8) is 0 Å². The lowest BCUT2D eigenvalue weighted by atomic mass is 10.3. The summed E-state index contributed by atoms with van der Waals surface area (Å²) in [6.07, 6.45) is -1.09. The Balaban J connectivity index is 0.000000262. The number of para-hydroxylation sites is 1. The van der Waals surface area contributed by atoms with E-state index < -0.39 is 19.7 Å². The molecule has 0 heterocycles. The van der Waals surface area contributed by atoms with Crippen LogP contribution in [0.5, 0.6) is 5.75 Å². The number of carboxylic acid groups (broad SMARTS) is 1. The number of phenols is 1. The van der Waals surface area contributed by atoms with Crippen LogP contribution >= 0.6 is 7.60 Å². The molecule has 0 aliphatic heterocycles. The molecule has 1 aromatic carbocycles. The molecule has 0 saturated heterocycles. The van der Waals surface area contributed by atoms with Crippen LogP contribution in [0.3, 0.4) is 0 Å². The quantitative estimate of drug-likeness (QED) is 0.558. The van der Waals surface area contributed by atoms with Crippen LogP contribution in [0.25, 0.3) is 0 Å². The van der Waals surface area contributed by atoms with Crippen molar-refractivity contribution in [2.75, 3.05) is 6.16 Å². The molecule has 0 fully saturated rings. The number of phenolic OH excluding ortho intramolecular Hbond substituents is 1. The van der Waals surface area contributed by atoms with Gasteiger partial charge in [0, 0.05) is 0 Å². The van der Waals surface area contributed by atoms with Crippen molar-refractivity contribution in [2.45, 2.75) is 0 Å². The summed E-state index contributed by atoms with van der Waals surface area (Å²) >= 11 is 0. The number of aliphatic carboxylic acids is 1.